The number of carbonyl (C=O) groups excluding carboxylic acids is 2. The Morgan fingerprint density at radius 3 is 2.20 bits per heavy atom. The van der Waals surface area contributed by atoms with E-state index in [1.165, 1.54) is 4.90 Å². The van der Waals surface area contributed by atoms with Crippen LogP contribution in [0.25, 0.3) is 5.57 Å². The lowest BCUT2D eigenvalue weighted by atomic mass is 10.0. The highest BCUT2D eigenvalue weighted by molar-refractivity contribution is 6.35. The molecule has 2 aromatic rings. The average molecular weight is 406 g/mol. The molecule has 2 aromatic carbocycles. The standard InChI is InChI=1S/C24H26N2O4/c1-29-19-12-11-18(15-20(19)30-2)21-22(25-13-7-4-8-14-25)24(28)26(23(21)27)16-17-9-5-3-6-10-17/h3,5-6,9-12,15H,4,7-8,13-14,16H2,1-2H3. The first-order chi connectivity index (χ1) is 14.6. The molecule has 6 nitrogen and oxygen atoms in total. The number of carbonyl (C=O) groups is 2. The van der Waals surface area contributed by atoms with Crippen molar-refractivity contribution < 1.29 is 19.1 Å². The van der Waals surface area contributed by atoms with Gasteiger partial charge in [0.15, 0.2) is 11.5 Å². The molecule has 4 rings (SSSR count). The highest BCUT2D eigenvalue weighted by Gasteiger charge is 2.41. The maximum atomic E-state index is 13.5. The Bertz CT molecular complexity index is 978. The van der Waals surface area contributed by atoms with Crippen LogP contribution in [0.5, 0.6) is 11.5 Å². The molecule has 156 valence electrons. The van der Waals surface area contributed by atoms with Crippen molar-refractivity contribution in [2.75, 3.05) is 27.3 Å². The SMILES string of the molecule is COc1ccc(C2=C(N3CCCCC3)C(=O)N(Cc3ccccc3)C2=O)cc1OC. The van der Waals surface area contributed by atoms with Gasteiger partial charge >= 0.3 is 0 Å². The minimum Gasteiger partial charge on any atom is -0.493 e. The summed E-state index contributed by atoms with van der Waals surface area (Å²) < 4.78 is 10.8. The molecule has 0 aliphatic carbocycles. The summed E-state index contributed by atoms with van der Waals surface area (Å²) in [5.41, 5.74) is 2.54. The molecule has 0 N–H and O–H groups in total. The molecule has 2 heterocycles. The second-order valence-corrected chi connectivity index (χ2v) is 7.52. The third kappa shape index (κ3) is 3.65. The number of likely N-dealkylation sites (tertiary alicyclic amines) is 1. The normalized spacial score (nSPS) is 17.0. The van der Waals surface area contributed by atoms with Crippen molar-refractivity contribution in [3.05, 3.63) is 65.4 Å². The molecule has 0 radical (unpaired) electrons. The van der Waals surface area contributed by atoms with Crippen LogP contribution in [0.3, 0.4) is 0 Å². The number of rotatable bonds is 6. The zero-order chi connectivity index (χ0) is 21.1. The fourth-order valence-corrected chi connectivity index (χ4v) is 4.14. The number of benzene rings is 2. The number of methoxy groups -OCH3 is 2. The van der Waals surface area contributed by atoms with Crippen LogP contribution in [0.15, 0.2) is 54.2 Å². The van der Waals surface area contributed by atoms with E-state index < -0.39 is 0 Å². The van der Waals surface area contributed by atoms with Crippen LogP contribution >= 0.6 is 0 Å². The predicted molar refractivity (Wildman–Crippen MR) is 114 cm³/mol. The average Bonchev–Trinajstić information content (AvgIpc) is 3.04. The largest absolute Gasteiger partial charge is 0.493 e. The molecule has 30 heavy (non-hydrogen) atoms. The van der Waals surface area contributed by atoms with E-state index in [9.17, 15) is 9.59 Å². The van der Waals surface area contributed by atoms with Crippen molar-refractivity contribution in [3.63, 3.8) is 0 Å². The molecule has 0 bridgehead atoms. The molecule has 2 aliphatic heterocycles. The van der Waals surface area contributed by atoms with Gasteiger partial charge in [0.1, 0.15) is 5.70 Å². The topological polar surface area (TPSA) is 59.1 Å². The third-order valence-corrected chi connectivity index (χ3v) is 5.67. The van der Waals surface area contributed by atoms with Crippen molar-refractivity contribution in [2.24, 2.45) is 0 Å². The molecule has 2 aliphatic rings. The van der Waals surface area contributed by atoms with E-state index in [1.54, 1.807) is 26.4 Å². The summed E-state index contributed by atoms with van der Waals surface area (Å²) in [6.45, 7) is 1.82. The number of amides is 2. The second-order valence-electron chi connectivity index (χ2n) is 7.52. The summed E-state index contributed by atoms with van der Waals surface area (Å²) in [5.74, 6) is 0.619. The molecule has 0 spiro atoms. The van der Waals surface area contributed by atoms with Crippen molar-refractivity contribution >= 4 is 17.4 Å². The minimum atomic E-state index is -0.267. The molecular formula is C24H26N2O4. The third-order valence-electron chi connectivity index (χ3n) is 5.67. The van der Waals surface area contributed by atoms with Gasteiger partial charge in [0, 0.05) is 13.1 Å². The lowest BCUT2D eigenvalue weighted by Crippen LogP contribution is -2.36. The van der Waals surface area contributed by atoms with Gasteiger partial charge in [-0.25, -0.2) is 0 Å². The Kier molecular flexibility index (Phi) is 5.74. The summed E-state index contributed by atoms with van der Waals surface area (Å²) in [4.78, 5) is 30.3. The van der Waals surface area contributed by atoms with Gasteiger partial charge in [-0.05, 0) is 42.5 Å². The Morgan fingerprint density at radius 2 is 1.53 bits per heavy atom. The van der Waals surface area contributed by atoms with Crippen LogP contribution in [0.4, 0.5) is 0 Å². The van der Waals surface area contributed by atoms with Gasteiger partial charge in [0.25, 0.3) is 11.8 Å². The smallest absolute Gasteiger partial charge is 0.278 e. The maximum absolute atomic E-state index is 13.5. The van der Waals surface area contributed by atoms with E-state index in [4.69, 9.17) is 9.47 Å². The van der Waals surface area contributed by atoms with Gasteiger partial charge in [-0.1, -0.05) is 36.4 Å². The van der Waals surface area contributed by atoms with E-state index in [-0.39, 0.29) is 18.4 Å². The summed E-state index contributed by atoms with van der Waals surface area (Å²) in [7, 11) is 3.13. The van der Waals surface area contributed by atoms with Crippen LogP contribution in [-0.2, 0) is 16.1 Å². The van der Waals surface area contributed by atoms with Crippen LogP contribution in [0.1, 0.15) is 30.4 Å². The Labute approximate surface area is 176 Å². The molecule has 6 heteroatoms. The quantitative estimate of drug-likeness (QED) is 0.688. The van der Waals surface area contributed by atoms with E-state index in [1.807, 2.05) is 36.4 Å². The van der Waals surface area contributed by atoms with Gasteiger partial charge < -0.3 is 14.4 Å². The predicted octanol–water partition coefficient (Wildman–Crippen LogP) is 3.47. The molecular weight excluding hydrogens is 380 g/mol. The minimum absolute atomic E-state index is 0.226. The van der Waals surface area contributed by atoms with Crippen LogP contribution in [-0.4, -0.2) is 48.9 Å². The van der Waals surface area contributed by atoms with E-state index in [0.717, 1.165) is 37.9 Å². The fraction of sp³-hybridized carbons (Fsp3) is 0.333. The van der Waals surface area contributed by atoms with Crippen molar-refractivity contribution in [1.82, 2.24) is 9.80 Å². The molecule has 0 unspecified atom stereocenters. The number of piperidine rings is 1. The highest BCUT2D eigenvalue weighted by atomic mass is 16.5. The van der Waals surface area contributed by atoms with Gasteiger partial charge in [0.2, 0.25) is 0 Å². The van der Waals surface area contributed by atoms with Crippen molar-refractivity contribution in [3.8, 4) is 11.5 Å². The summed E-state index contributed by atoms with van der Waals surface area (Å²) >= 11 is 0. The fourth-order valence-electron chi connectivity index (χ4n) is 4.14. The molecule has 1 fully saturated rings. The van der Waals surface area contributed by atoms with Crippen LogP contribution in [0, 0.1) is 0 Å². The first kappa shape index (κ1) is 20.0. The van der Waals surface area contributed by atoms with Gasteiger partial charge in [-0.15, -0.1) is 0 Å². The first-order valence-corrected chi connectivity index (χ1v) is 10.3. The Balaban J connectivity index is 1.77. The summed E-state index contributed by atoms with van der Waals surface area (Å²) in [5, 5.41) is 0. The van der Waals surface area contributed by atoms with E-state index in [0.29, 0.717) is 28.3 Å². The zero-order valence-electron chi connectivity index (χ0n) is 17.4. The van der Waals surface area contributed by atoms with Crippen LogP contribution in [0.2, 0.25) is 0 Å². The summed E-state index contributed by atoms with van der Waals surface area (Å²) in [6, 6.07) is 15.0. The van der Waals surface area contributed by atoms with E-state index >= 15 is 0 Å². The Hall–Kier alpha value is -3.28. The lowest BCUT2D eigenvalue weighted by molar-refractivity contribution is -0.138. The van der Waals surface area contributed by atoms with Gasteiger partial charge in [0.05, 0.1) is 26.3 Å². The van der Waals surface area contributed by atoms with Gasteiger partial charge in [-0.2, -0.15) is 0 Å². The highest BCUT2D eigenvalue weighted by Crippen LogP contribution is 2.37. The van der Waals surface area contributed by atoms with Gasteiger partial charge in [-0.3, -0.25) is 14.5 Å². The Morgan fingerprint density at radius 1 is 0.833 bits per heavy atom. The monoisotopic (exact) mass is 406 g/mol. The number of ether oxygens (including phenoxy) is 2. The lowest BCUT2D eigenvalue weighted by Gasteiger charge is -2.29. The molecule has 1 saturated heterocycles. The van der Waals surface area contributed by atoms with Crippen LogP contribution < -0.4 is 9.47 Å². The molecule has 0 saturated carbocycles. The number of imide groups is 1. The maximum Gasteiger partial charge on any atom is 0.278 e. The molecule has 0 aromatic heterocycles. The molecule has 0 atom stereocenters. The number of hydrogen-bond donors (Lipinski definition) is 0. The second kappa shape index (κ2) is 8.61. The molecule has 2 amide bonds. The van der Waals surface area contributed by atoms with Crippen molar-refractivity contribution in [2.45, 2.75) is 25.8 Å². The van der Waals surface area contributed by atoms with E-state index in [2.05, 4.69) is 4.90 Å². The zero-order valence-corrected chi connectivity index (χ0v) is 17.4. The number of nitrogens with zero attached hydrogens (tertiary/aromatic N) is 2. The number of hydrogen-bond acceptors (Lipinski definition) is 5. The van der Waals surface area contributed by atoms with Crippen molar-refractivity contribution in [1.29, 1.82) is 0 Å². The summed E-state index contributed by atoms with van der Waals surface area (Å²) in [6.07, 6.45) is 3.18. The first-order valence-electron chi connectivity index (χ1n) is 10.3.